The first kappa shape index (κ1) is 23.1. The van der Waals surface area contributed by atoms with Crippen LogP contribution in [0.3, 0.4) is 0 Å². The number of amidine groups is 1. The average Bonchev–Trinajstić information content (AvgIpc) is 3.55. The molecule has 0 spiro atoms. The lowest BCUT2D eigenvalue weighted by Crippen LogP contribution is -2.22. The molecule has 3 heterocycles. The second kappa shape index (κ2) is 9.92. The number of benzene rings is 2. The van der Waals surface area contributed by atoms with Crippen molar-refractivity contribution in [1.82, 2.24) is 20.8 Å². The molecule has 0 atom stereocenters. The molecule has 0 fully saturated rings. The van der Waals surface area contributed by atoms with Crippen LogP contribution >= 0.6 is 11.3 Å². The van der Waals surface area contributed by atoms with Crippen molar-refractivity contribution in [1.29, 1.82) is 5.53 Å². The second-order valence-electron chi connectivity index (χ2n) is 7.97. The van der Waals surface area contributed by atoms with Gasteiger partial charge in [-0.1, -0.05) is 28.6 Å². The number of nitrogens with zero attached hydrogens (tertiary/aromatic N) is 4. The van der Waals surface area contributed by atoms with Crippen molar-refractivity contribution in [3.63, 3.8) is 0 Å². The standard InChI is InChI=1S/C25H22N8O2S/c1-14-10-18(32-35-14)13-28-25(34)16-4-3-5-17(11-16)29-24-20-8-9-36-22(20)19-7-6-15(12-21(19)30-24)23(27-2)31-33-26/h3-12H,13H2,1-2H3,(H,28,34)(H,29,30)(H2,26,27,31). The predicted molar refractivity (Wildman–Crippen MR) is 140 cm³/mol. The average molecular weight is 499 g/mol. The van der Waals surface area contributed by atoms with Crippen molar-refractivity contribution in [2.24, 2.45) is 10.3 Å². The largest absolute Gasteiger partial charge is 0.371 e. The number of pyridine rings is 1. The molecule has 0 saturated carbocycles. The number of fused-ring (bicyclic) bond motifs is 3. The Labute approximate surface area is 209 Å². The third-order valence-electron chi connectivity index (χ3n) is 5.55. The molecule has 0 saturated heterocycles. The molecule has 0 aliphatic carbocycles. The van der Waals surface area contributed by atoms with Gasteiger partial charge in [0.15, 0.2) is 5.84 Å². The number of carbonyl (C=O) groups is 1. The fourth-order valence-corrected chi connectivity index (χ4v) is 4.83. The Morgan fingerprint density at radius 1 is 1.11 bits per heavy atom. The Bertz CT molecular complexity index is 1620. The Hall–Kier alpha value is -4.64. The Balaban J connectivity index is 1.45. The highest BCUT2D eigenvalue weighted by Gasteiger charge is 2.13. The summed E-state index contributed by atoms with van der Waals surface area (Å²) in [5, 5.41) is 24.1. The number of aromatic nitrogens is 2. The Kier molecular flexibility index (Phi) is 6.37. The molecule has 10 nitrogen and oxygen atoms in total. The first-order valence-corrected chi connectivity index (χ1v) is 11.9. The van der Waals surface area contributed by atoms with Crippen molar-refractivity contribution in [3.05, 3.63) is 82.6 Å². The van der Waals surface area contributed by atoms with Crippen molar-refractivity contribution < 1.29 is 9.32 Å². The van der Waals surface area contributed by atoms with Gasteiger partial charge in [0, 0.05) is 45.4 Å². The highest BCUT2D eigenvalue weighted by molar-refractivity contribution is 7.18. The van der Waals surface area contributed by atoms with E-state index in [0.29, 0.717) is 28.7 Å². The molecule has 36 heavy (non-hydrogen) atoms. The molecule has 1 amide bonds. The van der Waals surface area contributed by atoms with Gasteiger partial charge in [-0.15, -0.1) is 16.4 Å². The molecule has 3 aromatic heterocycles. The topological polar surface area (TPSA) is 141 Å². The normalized spacial score (nSPS) is 11.6. The van der Waals surface area contributed by atoms with Crippen LogP contribution in [-0.4, -0.2) is 28.9 Å². The summed E-state index contributed by atoms with van der Waals surface area (Å²) >= 11 is 1.63. The van der Waals surface area contributed by atoms with E-state index < -0.39 is 0 Å². The number of amides is 1. The summed E-state index contributed by atoms with van der Waals surface area (Å²) in [6.45, 7) is 2.09. The number of rotatable bonds is 7. The van der Waals surface area contributed by atoms with Crippen molar-refractivity contribution in [2.75, 3.05) is 12.4 Å². The van der Waals surface area contributed by atoms with Crippen molar-refractivity contribution in [2.45, 2.75) is 13.5 Å². The summed E-state index contributed by atoms with van der Waals surface area (Å²) in [5.74, 6) is 1.64. The molecular formula is C25H22N8O2S. The summed E-state index contributed by atoms with van der Waals surface area (Å²) in [4.78, 5) is 17.6. The minimum Gasteiger partial charge on any atom is -0.371 e. The smallest absolute Gasteiger partial charge is 0.251 e. The molecular weight excluding hydrogens is 476 g/mol. The van der Waals surface area contributed by atoms with E-state index in [2.05, 4.69) is 31.4 Å². The highest BCUT2D eigenvalue weighted by atomic mass is 32.1. The second-order valence-corrected chi connectivity index (χ2v) is 8.89. The maximum Gasteiger partial charge on any atom is 0.251 e. The molecule has 0 aliphatic rings. The maximum absolute atomic E-state index is 12.7. The lowest BCUT2D eigenvalue weighted by atomic mass is 10.1. The number of hydrogen-bond acceptors (Lipinski definition) is 8. The molecule has 11 heteroatoms. The first-order chi connectivity index (χ1) is 17.6. The number of anilines is 2. The fourth-order valence-electron chi connectivity index (χ4n) is 3.89. The predicted octanol–water partition coefficient (Wildman–Crippen LogP) is 5.33. The zero-order chi connectivity index (χ0) is 25.1. The molecule has 2 aromatic carbocycles. The van der Waals surface area contributed by atoms with Crippen molar-refractivity contribution >= 4 is 55.6 Å². The number of carbonyl (C=O) groups excluding carboxylic acids is 1. The van der Waals surface area contributed by atoms with Gasteiger partial charge in [-0.2, -0.15) is 5.53 Å². The minimum absolute atomic E-state index is 0.213. The van der Waals surface area contributed by atoms with E-state index in [1.165, 1.54) is 0 Å². The molecule has 0 radical (unpaired) electrons. The highest BCUT2D eigenvalue weighted by Crippen LogP contribution is 2.35. The van der Waals surface area contributed by atoms with Crippen LogP contribution in [-0.2, 0) is 6.54 Å². The molecule has 0 bridgehead atoms. The van der Waals surface area contributed by atoms with Gasteiger partial charge in [0.25, 0.3) is 5.91 Å². The lowest BCUT2D eigenvalue weighted by Gasteiger charge is -2.12. The quantitative estimate of drug-likeness (QED) is 0.103. The molecule has 0 unspecified atom stereocenters. The van der Waals surface area contributed by atoms with Gasteiger partial charge in [-0.05, 0) is 42.6 Å². The van der Waals surface area contributed by atoms with Crippen LogP contribution in [0.25, 0.3) is 21.0 Å². The van der Waals surface area contributed by atoms with Crippen LogP contribution in [0, 0.1) is 12.5 Å². The van der Waals surface area contributed by atoms with Gasteiger partial charge >= 0.3 is 0 Å². The van der Waals surface area contributed by atoms with E-state index in [4.69, 9.17) is 15.0 Å². The summed E-state index contributed by atoms with van der Waals surface area (Å²) in [7, 11) is 1.73. The summed E-state index contributed by atoms with van der Waals surface area (Å²) in [5.41, 5.74) is 10.5. The van der Waals surface area contributed by atoms with Gasteiger partial charge < -0.3 is 20.5 Å². The van der Waals surface area contributed by atoms with Crippen LogP contribution in [0.1, 0.15) is 27.4 Å². The maximum atomic E-state index is 12.7. The molecule has 0 aliphatic heterocycles. The summed E-state index contributed by atoms with van der Waals surface area (Å²) in [6, 6.07) is 16.9. The Morgan fingerprint density at radius 3 is 2.78 bits per heavy atom. The molecule has 5 rings (SSSR count). The van der Waals surface area contributed by atoms with E-state index >= 15 is 0 Å². The van der Waals surface area contributed by atoms with Gasteiger partial charge in [-0.25, -0.2) is 4.98 Å². The molecule has 4 N–H and O–H groups in total. The van der Waals surface area contributed by atoms with Gasteiger partial charge in [-0.3, -0.25) is 4.79 Å². The summed E-state index contributed by atoms with van der Waals surface area (Å²) < 4.78 is 6.14. The zero-order valence-electron chi connectivity index (χ0n) is 19.5. The van der Waals surface area contributed by atoms with E-state index in [-0.39, 0.29) is 12.5 Å². The van der Waals surface area contributed by atoms with E-state index in [1.807, 2.05) is 41.8 Å². The fraction of sp³-hybridized carbons (Fsp3) is 0.120. The van der Waals surface area contributed by atoms with Crippen LogP contribution < -0.4 is 16.0 Å². The van der Waals surface area contributed by atoms with Crippen LogP contribution in [0.5, 0.6) is 0 Å². The summed E-state index contributed by atoms with van der Waals surface area (Å²) in [6.07, 6.45) is 0. The van der Waals surface area contributed by atoms with E-state index in [1.54, 1.807) is 43.5 Å². The van der Waals surface area contributed by atoms with Crippen LogP contribution in [0.4, 0.5) is 11.5 Å². The molecule has 180 valence electrons. The van der Waals surface area contributed by atoms with Gasteiger partial charge in [0.2, 0.25) is 0 Å². The molecule has 5 aromatic rings. The Morgan fingerprint density at radius 2 is 2.00 bits per heavy atom. The SMILES string of the molecule is CN/C(=N\N=N)c1ccc2c(c1)nc(Nc1cccc(C(=O)NCc3cc(C)on3)c1)c1ccsc12. The van der Waals surface area contributed by atoms with Crippen LogP contribution in [0.15, 0.2) is 74.8 Å². The van der Waals surface area contributed by atoms with Gasteiger partial charge in [0.1, 0.15) is 17.3 Å². The third kappa shape index (κ3) is 4.64. The minimum atomic E-state index is -0.213. The third-order valence-corrected chi connectivity index (χ3v) is 6.50. The first-order valence-electron chi connectivity index (χ1n) is 11.1. The van der Waals surface area contributed by atoms with Gasteiger partial charge in [0.05, 0.1) is 12.1 Å². The number of nitrogens with one attached hydrogen (secondary N) is 4. The zero-order valence-corrected chi connectivity index (χ0v) is 20.3. The number of thiophene rings is 1. The van der Waals surface area contributed by atoms with E-state index in [0.717, 1.165) is 32.2 Å². The van der Waals surface area contributed by atoms with Crippen LogP contribution in [0.2, 0.25) is 0 Å². The number of aryl methyl sites for hydroxylation is 1. The van der Waals surface area contributed by atoms with E-state index in [9.17, 15) is 4.79 Å². The lowest BCUT2D eigenvalue weighted by molar-refractivity contribution is 0.0950. The monoisotopic (exact) mass is 498 g/mol. The van der Waals surface area contributed by atoms with Crippen molar-refractivity contribution in [3.8, 4) is 0 Å². The number of hydrogen-bond donors (Lipinski definition) is 4.